The quantitative estimate of drug-likeness (QED) is 0.760. The number of nitrogens with one attached hydrogen (secondary N) is 2. The van der Waals surface area contributed by atoms with Gasteiger partial charge in [0, 0.05) is 24.0 Å². The normalized spacial score (nSPS) is 20.4. The molecule has 0 aromatic carbocycles. The van der Waals surface area contributed by atoms with Crippen molar-refractivity contribution in [1.29, 1.82) is 0 Å². The number of imide groups is 1. The molecular formula is C15H25ClN4O2S. The molecule has 0 saturated carbocycles. The number of hydrogen-bond donors (Lipinski definition) is 3. The number of thiophene rings is 1. The third-order valence-electron chi connectivity index (χ3n) is 4.01. The van der Waals surface area contributed by atoms with Gasteiger partial charge in [-0.15, -0.1) is 23.7 Å². The number of halogens is 1. The molecule has 6 nitrogen and oxygen atoms in total. The average Bonchev–Trinajstić information content (AvgIpc) is 2.93. The van der Waals surface area contributed by atoms with Crippen LogP contribution in [0.1, 0.15) is 25.1 Å². The fraction of sp³-hybridized carbons (Fsp3) is 0.600. The van der Waals surface area contributed by atoms with Crippen LogP contribution >= 0.6 is 23.7 Å². The highest BCUT2D eigenvalue weighted by atomic mass is 35.5. The third kappa shape index (κ3) is 6.10. The lowest BCUT2D eigenvalue weighted by Crippen LogP contribution is -2.54. The predicted octanol–water partition coefficient (Wildman–Crippen LogP) is 1.55. The molecule has 2 rings (SSSR count). The Morgan fingerprint density at radius 3 is 2.83 bits per heavy atom. The Labute approximate surface area is 147 Å². The Kier molecular flexibility index (Phi) is 7.47. The highest BCUT2D eigenvalue weighted by molar-refractivity contribution is 7.09. The van der Waals surface area contributed by atoms with Crippen molar-refractivity contribution in [2.45, 2.75) is 32.9 Å². The lowest BCUT2D eigenvalue weighted by atomic mass is 9.80. The van der Waals surface area contributed by atoms with Crippen molar-refractivity contribution in [3.63, 3.8) is 0 Å². The van der Waals surface area contributed by atoms with E-state index in [4.69, 9.17) is 5.73 Å². The van der Waals surface area contributed by atoms with Crippen LogP contribution in [-0.2, 0) is 11.3 Å². The standard InChI is InChI=1S/C15H24N4O2S.ClH/c1-15(2)10-19(6-5-12(15)16)9-13(20)18-14(21)17-8-11-4-3-7-22-11;/h3-4,7,12H,5-6,8-10,16H2,1-2H3,(H2,17,18,20,21);1H. The number of hydrogen-bond acceptors (Lipinski definition) is 5. The Morgan fingerprint density at radius 1 is 1.48 bits per heavy atom. The molecule has 1 saturated heterocycles. The van der Waals surface area contributed by atoms with E-state index in [1.807, 2.05) is 22.4 Å². The topological polar surface area (TPSA) is 87.5 Å². The highest BCUT2D eigenvalue weighted by Gasteiger charge is 2.33. The van der Waals surface area contributed by atoms with Gasteiger partial charge in [0.2, 0.25) is 5.91 Å². The largest absolute Gasteiger partial charge is 0.333 e. The van der Waals surface area contributed by atoms with Gasteiger partial charge in [0.15, 0.2) is 0 Å². The first kappa shape index (κ1) is 19.9. The van der Waals surface area contributed by atoms with Crippen molar-refractivity contribution in [2.24, 2.45) is 11.1 Å². The first-order valence-corrected chi connectivity index (χ1v) is 8.33. The first-order chi connectivity index (χ1) is 10.4. The molecule has 1 aromatic heterocycles. The summed E-state index contributed by atoms with van der Waals surface area (Å²) in [7, 11) is 0. The second kappa shape index (κ2) is 8.63. The molecule has 0 aliphatic carbocycles. The average molecular weight is 361 g/mol. The lowest BCUT2D eigenvalue weighted by Gasteiger charge is -2.42. The van der Waals surface area contributed by atoms with E-state index >= 15 is 0 Å². The summed E-state index contributed by atoms with van der Waals surface area (Å²) in [5.74, 6) is -0.282. The van der Waals surface area contributed by atoms with Crippen LogP contribution in [0, 0.1) is 5.41 Å². The zero-order chi connectivity index (χ0) is 16.2. The summed E-state index contributed by atoms with van der Waals surface area (Å²) in [5.41, 5.74) is 6.07. The van der Waals surface area contributed by atoms with Crippen molar-refractivity contribution in [3.8, 4) is 0 Å². The zero-order valence-electron chi connectivity index (χ0n) is 13.5. The van der Waals surface area contributed by atoms with Gasteiger partial charge in [-0.1, -0.05) is 19.9 Å². The summed E-state index contributed by atoms with van der Waals surface area (Å²) >= 11 is 1.56. The summed E-state index contributed by atoms with van der Waals surface area (Å²) < 4.78 is 0. The molecule has 1 aromatic rings. The molecule has 1 fully saturated rings. The molecule has 0 spiro atoms. The van der Waals surface area contributed by atoms with Crippen molar-refractivity contribution in [3.05, 3.63) is 22.4 Å². The molecule has 3 amide bonds. The second-order valence-electron chi connectivity index (χ2n) is 6.40. The fourth-order valence-electron chi connectivity index (χ4n) is 2.61. The van der Waals surface area contributed by atoms with E-state index in [9.17, 15) is 9.59 Å². The van der Waals surface area contributed by atoms with E-state index in [-0.39, 0.29) is 36.3 Å². The maximum absolute atomic E-state index is 11.9. The minimum Gasteiger partial charge on any atom is -0.333 e. The molecule has 23 heavy (non-hydrogen) atoms. The number of urea groups is 1. The van der Waals surface area contributed by atoms with Crippen LogP contribution in [-0.4, -0.2) is 42.5 Å². The van der Waals surface area contributed by atoms with Gasteiger partial charge in [0.1, 0.15) is 0 Å². The predicted molar refractivity (Wildman–Crippen MR) is 94.8 cm³/mol. The molecule has 2 heterocycles. The number of piperidine rings is 1. The van der Waals surface area contributed by atoms with Crippen molar-refractivity contribution in [1.82, 2.24) is 15.5 Å². The maximum Gasteiger partial charge on any atom is 0.321 e. The van der Waals surface area contributed by atoms with Gasteiger partial charge in [-0.3, -0.25) is 15.0 Å². The summed E-state index contributed by atoms with van der Waals surface area (Å²) in [6.07, 6.45) is 0.866. The van der Waals surface area contributed by atoms with Gasteiger partial charge >= 0.3 is 6.03 Å². The van der Waals surface area contributed by atoms with E-state index in [0.717, 1.165) is 24.4 Å². The molecule has 130 valence electrons. The molecule has 0 radical (unpaired) electrons. The molecule has 1 aliphatic heterocycles. The number of amides is 3. The fourth-order valence-corrected chi connectivity index (χ4v) is 3.26. The molecule has 1 atom stereocenters. The van der Waals surface area contributed by atoms with E-state index in [0.29, 0.717) is 6.54 Å². The molecule has 1 unspecified atom stereocenters. The Bertz CT molecular complexity index is 522. The molecule has 8 heteroatoms. The highest BCUT2D eigenvalue weighted by Crippen LogP contribution is 2.27. The van der Waals surface area contributed by atoms with E-state index in [2.05, 4.69) is 24.5 Å². The number of rotatable bonds is 4. The summed E-state index contributed by atoms with van der Waals surface area (Å²) in [6, 6.07) is 3.56. The van der Waals surface area contributed by atoms with E-state index in [1.165, 1.54) is 0 Å². The van der Waals surface area contributed by atoms with Gasteiger partial charge in [0.05, 0.1) is 13.1 Å². The Hall–Kier alpha value is -1.15. The SMILES string of the molecule is CC1(C)CN(CC(=O)NC(=O)NCc2cccs2)CCC1N.Cl. The number of likely N-dealkylation sites (tertiary alicyclic amines) is 1. The number of nitrogens with two attached hydrogens (primary N) is 1. The van der Waals surface area contributed by atoms with Crippen LogP contribution in [0.2, 0.25) is 0 Å². The minimum atomic E-state index is -0.452. The summed E-state index contributed by atoms with van der Waals surface area (Å²) in [4.78, 5) is 26.7. The summed E-state index contributed by atoms with van der Waals surface area (Å²) in [5, 5.41) is 7.00. The van der Waals surface area contributed by atoms with E-state index in [1.54, 1.807) is 11.3 Å². The maximum atomic E-state index is 11.9. The van der Waals surface area contributed by atoms with Gasteiger partial charge in [-0.25, -0.2) is 4.79 Å². The molecule has 1 aliphatic rings. The smallest absolute Gasteiger partial charge is 0.321 e. The van der Waals surface area contributed by atoms with Gasteiger partial charge in [-0.05, 0) is 23.3 Å². The van der Waals surface area contributed by atoms with Crippen molar-refractivity contribution >= 4 is 35.7 Å². The van der Waals surface area contributed by atoms with Crippen molar-refractivity contribution < 1.29 is 9.59 Å². The van der Waals surface area contributed by atoms with Crippen molar-refractivity contribution in [2.75, 3.05) is 19.6 Å². The number of carbonyl (C=O) groups excluding carboxylic acids is 2. The van der Waals surface area contributed by atoms with Crippen LogP contribution in [0.25, 0.3) is 0 Å². The Morgan fingerprint density at radius 2 is 2.22 bits per heavy atom. The second-order valence-corrected chi connectivity index (χ2v) is 7.44. The first-order valence-electron chi connectivity index (χ1n) is 7.45. The van der Waals surface area contributed by atoms with Crippen LogP contribution in [0.3, 0.4) is 0 Å². The number of nitrogens with zero attached hydrogens (tertiary/aromatic N) is 1. The number of carbonyl (C=O) groups is 2. The minimum absolute atomic E-state index is 0. The lowest BCUT2D eigenvalue weighted by molar-refractivity contribution is -0.122. The van der Waals surface area contributed by atoms with E-state index < -0.39 is 6.03 Å². The van der Waals surface area contributed by atoms with Gasteiger partial charge < -0.3 is 11.1 Å². The van der Waals surface area contributed by atoms with Crippen LogP contribution in [0.5, 0.6) is 0 Å². The Balaban J connectivity index is 0.00000264. The molecule has 4 N–H and O–H groups in total. The van der Waals surface area contributed by atoms with Crippen LogP contribution in [0.15, 0.2) is 17.5 Å². The molecular weight excluding hydrogens is 336 g/mol. The third-order valence-corrected chi connectivity index (χ3v) is 4.89. The van der Waals surface area contributed by atoms with Gasteiger partial charge in [0.25, 0.3) is 0 Å². The monoisotopic (exact) mass is 360 g/mol. The van der Waals surface area contributed by atoms with Crippen LogP contribution < -0.4 is 16.4 Å². The zero-order valence-corrected chi connectivity index (χ0v) is 15.1. The van der Waals surface area contributed by atoms with Gasteiger partial charge in [-0.2, -0.15) is 0 Å². The molecule has 0 bridgehead atoms. The summed E-state index contributed by atoms with van der Waals surface area (Å²) in [6.45, 7) is 6.42. The van der Waals surface area contributed by atoms with Crippen LogP contribution in [0.4, 0.5) is 4.79 Å².